The van der Waals surface area contributed by atoms with Crippen LogP contribution in [0.2, 0.25) is 0 Å². The molecule has 132 valence electrons. The van der Waals surface area contributed by atoms with Crippen LogP contribution in [0.4, 0.5) is 18.9 Å². The number of nitrogens with one attached hydrogen (secondary N) is 1. The van der Waals surface area contributed by atoms with Crippen LogP contribution < -0.4 is 10.1 Å². The number of hydrogen-bond acceptors (Lipinski definition) is 4. The Morgan fingerprint density at radius 3 is 2.32 bits per heavy atom. The third kappa shape index (κ3) is 5.52. The third-order valence-electron chi connectivity index (χ3n) is 2.98. The predicted molar refractivity (Wildman–Crippen MR) is 83.5 cm³/mol. The molecule has 0 saturated carbocycles. The van der Waals surface area contributed by atoms with Crippen molar-refractivity contribution in [3.63, 3.8) is 0 Å². The molecule has 0 aliphatic rings. The maximum absolute atomic E-state index is 12.1. The Labute approximate surface area is 141 Å². The van der Waals surface area contributed by atoms with E-state index in [0.717, 1.165) is 12.1 Å². The van der Waals surface area contributed by atoms with Crippen molar-refractivity contribution in [2.24, 2.45) is 0 Å². The number of anilines is 1. The molecular formula is C17H14F3NO4. The van der Waals surface area contributed by atoms with E-state index in [1.165, 1.54) is 24.3 Å². The minimum atomic E-state index is -4.79. The quantitative estimate of drug-likeness (QED) is 0.825. The number of benzene rings is 2. The monoisotopic (exact) mass is 353 g/mol. The number of carbonyl (C=O) groups excluding carboxylic acids is 2. The summed E-state index contributed by atoms with van der Waals surface area (Å²) in [6.07, 6.45) is -4.79. The van der Waals surface area contributed by atoms with E-state index in [9.17, 15) is 22.8 Å². The van der Waals surface area contributed by atoms with Crippen LogP contribution in [0.3, 0.4) is 0 Å². The first kappa shape index (κ1) is 18.3. The summed E-state index contributed by atoms with van der Waals surface area (Å²) in [6.45, 7) is 1.90. The Hall–Kier alpha value is -3.03. The van der Waals surface area contributed by atoms with Gasteiger partial charge in [-0.1, -0.05) is 6.07 Å². The molecule has 1 N–H and O–H groups in total. The summed E-state index contributed by atoms with van der Waals surface area (Å²) in [6, 6.07) is 10.6. The molecule has 0 radical (unpaired) electrons. The second-order valence-electron chi connectivity index (χ2n) is 4.83. The van der Waals surface area contributed by atoms with Gasteiger partial charge in [0.1, 0.15) is 5.75 Å². The maximum atomic E-state index is 12.1. The first-order chi connectivity index (χ1) is 11.8. The number of alkyl halides is 3. The highest BCUT2D eigenvalue weighted by atomic mass is 19.4. The molecule has 0 bridgehead atoms. The lowest BCUT2D eigenvalue weighted by Crippen LogP contribution is -2.17. The highest BCUT2D eigenvalue weighted by Crippen LogP contribution is 2.23. The molecule has 25 heavy (non-hydrogen) atoms. The van der Waals surface area contributed by atoms with E-state index in [0.29, 0.717) is 5.69 Å². The Bertz CT molecular complexity index is 757. The minimum absolute atomic E-state index is 0.135. The number of rotatable bonds is 5. The van der Waals surface area contributed by atoms with Gasteiger partial charge in [0.25, 0.3) is 5.91 Å². The van der Waals surface area contributed by atoms with Gasteiger partial charge in [0.05, 0.1) is 12.2 Å². The van der Waals surface area contributed by atoms with Gasteiger partial charge >= 0.3 is 12.3 Å². The van der Waals surface area contributed by atoms with Crippen molar-refractivity contribution in [1.29, 1.82) is 0 Å². The molecule has 2 aromatic carbocycles. The summed E-state index contributed by atoms with van der Waals surface area (Å²) in [5, 5.41) is 2.55. The van der Waals surface area contributed by atoms with Crippen molar-refractivity contribution in [2.45, 2.75) is 13.3 Å². The van der Waals surface area contributed by atoms with E-state index in [-0.39, 0.29) is 17.7 Å². The van der Waals surface area contributed by atoms with Crippen LogP contribution in [-0.2, 0) is 4.74 Å². The molecule has 0 aliphatic heterocycles. The van der Waals surface area contributed by atoms with E-state index in [1.54, 1.807) is 19.1 Å². The molecule has 0 aromatic heterocycles. The number of hydrogen-bond donors (Lipinski definition) is 1. The minimum Gasteiger partial charge on any atom is -0.462 e. The molecule has 0 saturated heterocycles. The lowest BCUT2D eigenvalue weighted by Gasteiger charge is -2.10. The van der Waals surface area contributed by atoms with E-state index >= 15 is 0 Å². The highest BCUT2D eigenvalue weighted by Gasteiger charge is 2.31. The zero-order chi connectivity index (χ0) is 18.4. The number of amides is 1. The smallest absolute Gasteiger partial charge is 0.462 e. The Morgan fingerprint density at radius 2 is 1.72 bits per heavy atom. The number of halogens is 3. The van der Waals surface area contributed by atoms with E-state index in [2.05, 4.69) is 10.1 Å². The molecule has 0 heterocycles. The lowest BCUT2D eigenvalue weighted by molar-refractivity contribution is -0.274. The summed E-state index contributed by atoms with van der Waals surface area (Å²) in [7, 11) is 0. The normalized spacial score (nSPS) is 10.9. The second kappa shape index (κ2) is 7.69. The second-order valence-corrected chi connectivity index (χ2v) is 4.83. The van der Waals surface area contributed by atoms with E-state index < -0.39 is 24.0 Å². The van der Waals surface area contributed by atoms with Crippen LogP contribution in [0, 0.1) is 0 Å². The van der Waals surface area contributed by atoms with Crippen molar-refractivity contribution in [3.8, 4) is 5.75 Å². The van der Waals surface area contributed by atoms with Crippen LogP contribution in [0.15, 0.2) is 48.5 Å². The van der Waals surface area contributed by atoms with E-state index in [4.69, 9.17) is 4.74 Å². The summed E-state index contributed by atoms with van der Waals surface area (Å²) in [4.78, 5) is 23.8. The van der Waals surface area contributed by atoms with E-state index in [1.807, 2.05) is 0 Å². The molecule has 1 amide bonds. The maximum Gasteiger partial charge on any atom is 0.573 e. The van der Waals surface area contributed by atoms with Crippen LogP contribution >= 0.6 is 0 Å². The third-order valence-corrected chi connectivity index (χ3v) is 2.98. The van der Waals surface area contributed by atoms with Gasteiger partial charge in [0.2, 0.25) is 0 Å². The largest absolute Gasteiger partial charge is 0.573 e. The average Bonchev–Trinajstić information content (AvgIpc) is 2.54. The van der Waals surface area contributed by atoms with Gasteiger partial charge in [-0.3, -0.25) is 4.79 Å². The zero-order valence-corrected chi connectivity index (χ0v) is 13.1. The summed E-state index contributed by atoms with van der Waals surface area (Å²) < 4.78 is 44.9. The standard InChI is InChI=1S/C17H14F3NO4/c1-2-24-16(23)12-4-3-5-13(10-12)21-15(22)11-6-8-14(9-7-11)25-17(18,19)20/h3-10H,2H2,1H3,(H,21,22). The van der Waals surface area contributed by atoms with Crippen LogP contribution in [0.5, 0.6) is 5.75 Å². The zero-order valence-electron chi connectivity index (χ0n) is 13.1. The Balaban J connectivity index is 2.07. The van der Waals surface area contributed by atoms with Crippen molar-refractivity contribution in [3.05, 3.63) is 59.7 Å². The first-order valence-corrected chi connectivity index (χ1v) is 7.23. The molecule has 2 aromatic rings. The van der Waals surface area contributed by atoms with Crippen molar-refractivity contribution < 1.29 is 32.2 Å². The van der Waals surface area contributed by atoms with Crippen molar-refractivity contribution in [1.82, 2.24) is 0 Å². The fourth-order valence-electron chi connectivity index (χ4n) is 1.95. The van der Waals surface area contributed by atoms with Crippen LogP contribution in [0.25, 0.3) is 0 Å². The summed E-state index contributed by atoms with van der Waals surface area (Å²) >= 11 is 0. The van der Waals surface area contributed by atoms with Crippen LogP contribution in [-0.4, -0.2) is 24.8 Å². The molecule has 0 atom stereocenters. The Morgan fingerprint density at radius 1 is 1.04 bits per heavy atom. The molecule has 0 fully saturated rings. The van der Waals surface area contributed by atoms with Gasteiger partial charge < -0.3 is 14.8 Å². The molecule has 2 rings (SSSR count). The summed E-state index contributed by atoms with van der Waals surface area (Å²) in [5.74, 6) is -1.49. The van der Waals surface area contributed by atoms with Crippen molar-refractivity contribution >= 4 is 17.6 Å². The molecule has 0 unspecified atom stereocenters. The fraction of sp³-hybridized carbons (Fsp3) is 0.176. The number of esters is 1. The van der Waals surface area contributed by atoms with Crippen LogP contribution in [0.1, 0.15) is 27.6 Å². The molecule has 5 nitrogen and oxygen atoms in total. The van der Waals surface area contributed by atoms with Crippen molar-refractivity contribution in [2.75, 3.05) is 11.9 Å². The van der Waals surface area contributed by atoms with Gasteiger partial charge in [-0.15, -0.1) is 13.2 Å². The molecule has 0 aliphatic carbocycles. The van der Waals surface area contributed by atoms with Gasteiger partial charge in [-0.05, 0) is 49.4 Å². The fourth-order valence-corrected chi connectivity index (χ4v) is 1.95. The van der Waals surface area contributed by atoms with Gasteiger partial charge in [-0.2, -0.15) is 0 Å². The first-order valence-electron chi connectivity index (χ1n) is 7.23. The topological polar surface area (TPSA) is 64.6 Å². The highest BCUT2D eigenvalue weighted by molar-refractivity contribution is 6.04. The molecule has 8 heteroatoms. The SMILES string of the molecule is CCOC(=O)c1cccc(NC(=O)c2ccc(OC(F)(F)F)cc2)c1. The van der Waals surface area contributed by atoms with Gasteiger partial charge in [-0.25, -0.2) is 4.79 Å². The molecular weight excluding hydrogens is 339 g/mol. The Kier molecular flexibility index (Phi) is 5.63. The molecule has 0 spiro atoms. The number of ether oxygens (including phenoxy) is 2. The lowest BCUT2D eigenvalue weighted by atomic mass is 10.1. The average molecular weight is 353 g/mol. The van der Waals surface area contributed by atoms with Gasteiger partial charge in [0, 0.05) is 11.3 Å². The number of carbonyl (C=O) groups is 2. The van der Waals surface area contributed by atoms with Gasteiger partial charge in [0.15, 0.2) is 0 Å². The predicted octanol–water partition coefficient (Wildman–Crippen LogP) is 4.01. The summed E-state index contributed by atoms with van der Waals surface area (Å²) in [5.41, 5.74) is 0.760.